The molecule has 0 spiro atoms. The lowest BCUT2D eigenvalue weighted by atomic mass is 10.0. The first-order valence-corrected chi connectivity index (χ1v) is 13.8. The number of hydrogen-bond acceptors (Lipinski definition) is 6. The average Bonchev–Trinajstić information content (AvgIpc) is 3.46. The third-order valence-corrected chi connectivity index (χ3v) is 8.91. The Bertz CT molecular complexity index is 1010. The molecule has 1 amide bonds. The molecule has 2 aromatic rings. The zero-order chi connectivity index (χ0) is 22.6. The second-order valence-corrected chi connectivity index (χ2v) is 11.7. The van der Waals surface area contributed by atoms with E-state index in [1.165, 1.54) is 24.2 Å². The van der Waals surface area contributed by atoms with Crippen molar-refractivity contribution in [3.8, 4) is 0 Å². The van der Waals surface area contributed by atoms with Crippen LogP contribution in [-0.4, -0.2) is 54.7 Å². The first-order chi connectivity index (χ1) is 15.4. The molecule has 0 aliphatic carbocycles. The van der Waals surface area contributed by atoms with E-state index in [1.54, 1.807) is 28.6 Å². The van der Waals surface area contributed by atoms with Gasteiger partial charge in [-0.2, -0.15) is 4.31 Å². The van der Waals surface area contributed by atoms with E-state index in [1.807, 2.05) is 5.38 Å². The number of carbonyl (C=O) groups is 1. The third-order valence-electron chi connectivity index (χ3n) is 6.19. The lowest BCUT2D eigenvalue weighted by molar-refractivity contribution is -0.116. The van der Waals surface area contributed by atoms with Crippen molar-refractivity contribution in [2.75, 3.05) is 31.5 Å². The van der Waals surface area contributed by atoms with Crippen LogP contribution in [0.1, 0.15) is 50.3 Å². The van der Waals surface area contributed by atoms with Crippen LogP contribution in [0.3, 0.4) is 0 Å². The van der Waals surface area contributed by atoms with Crippen molar-refractivity contribution < 1.29 is 13.2 Å². The molecule has 9 heteroatoms. The number of hydrogen-bond donors (Lipinski definition) is 1. The highest BCUT2D eigenvalue weighted by atomic mass is 32.2. The van der Waals surface area contributed by atoms with Gasteiger partial charge in [0.1, 0.15) is 0 Å². The highest BCUT2D eigenvalue weighted by Gasteiger charge is 2.26. The van der Waals surface area contributed by atoms with Gasteiger partial charge >= 0.3 is 0 Å². The number of anilines is 1. The number of aromatic nitrogens is 1. The average molecular weight is 477 g/mol. The monoisotopic (exact) mass is 476 g/mol. The normalized spacial score (nSPS) is 20.5. The Morgan fingerprint density at radius 3 is 2.62 bits per heavy atom. The van der Waals surface area contributed by atoms with E-state index in [0.29, 0.717) is 36.0 Å². The van der Waals surface area contributed by atoms with Gasteiger partial charge in [-0.25, -0.2) is 13.4 Å². The van der Waals surface area contributed by atoms with E-state index >= 15 is 0 Å². The molecular formula is C23H32N4O3S2. The summed E-state index contributed by atoms with van der Waals surface area (Å²) >= 11 is 1.46. The van der Waals surface area contributed by atoms with Gasteiger partial charge in [-0.05, 0) is 62.3 Å². The van der Waals surface area contributed by atoms with Gasteiger partial charge in [-0.3, -0.25) is 9.69 Å². The summed E-state index contributed by atoms with van der Waals surface area (Å²) < 4.78 is 26.8. The summed E-state index contributed by atoms with van der Waals surface area (Å²) in [5.74, 6) is 0.655. The minimum Gasteiger partial charge on any atom is -0.302 e. The molecule has 4 rings (SSSR count). The Kier molecular flexibility index (Phi) is 7.60. The van der Waals surface area contributed by atoms with Crippen LogP contribution in [0, 0.1) is 5.92 Å². The van der Waals surface area contributed by atoms with Crippen molar-refractivity contribution in [2.24, 2.45) is 5.92 Å². The van der Waals surface area contributed by atoms with E-state index < -0.39 is 10.0 Å². The molecule has 2 aliphatic heterocycles. The molecule has 1 N–H and O–H groups in total. The summed E-state index contributed by atoms with van der Waals surface area (Å²) in [4.78, 5) is 19.7. The molecule has 1 unspecified atom stereocenters. The van der Waals surface area contributed by atoms with Crippen LogP contribution >= 0.6 is 11.3 Å². The number of thiazole rings is 1. The Morgan fingerprint density at radius 1 is 1.16 bits per heavy atom. The lowest BCUT2D eigenvalue weighted by Crippen LogP contribution is -2.33. The number of benzene rings is 1. The van der Waals surface area contributed by atoms with Gasteiger partial charge in [-0.1, -0.05) is 19.1 Å². The summed E-state index contributed by atoms with van der Waals surface area (Å²) in [6, 6.07) is 6.90. The zero-order valence-corrected chi connectivity index (χ0v) is 20.3. The summed E-state index contributed by atoms with van der Waals surface area (Å²) in [6.45, 7) is 6.54. The smallest absolute Gasteiger partial charge is 0.243 e. The van der Waals surface area contributed by atoms with Crippen molar-refractivity contribution in [3.63, 3.8) is 0 Å². The molecule has 2 fully saturated rings. The summed E-state index contributed by atoms with van der Waals surface area (Å²) in [6.07, 6.45) is 5.26. The number of nitrogens with one attached hydrogen (secondary N) is 1. The fraction of sp³-hybridized carbons (Fsp3) is 0.565. The van der Waals surface area contributed by atoms with Crippen molar-refractivity contribution in [1.29, 1.82) is 0 Å². The van der Waals surface area contributed by atoms with Crippen LogP contribution in [0.2, 0.25) is 0 Å². The van der Waals surface area contributed by atoms with Crippen LogP contribution in [0.5, 0.6) is 0 Å². The topological polar surface area (TPSA) is 82.6 Å². The predicted molar refractivity (Wildman–Crippen MR) is 127 cm³/mol. The maximum absolute atomic E-state index is 12.6. The number of sulfonamides is 1. The maximum atomic E-state index is 12.6. The van der Waals surface area contributed by atoms with Crippen LogP contribution in [-0.2, 0) is 27.8 Å². The Morgan fingerprint density at radius 2 is 1.91 bits per heavy atom. The molecule has 2 aliphatic rings. The molecule has 32 heavy (non-hydrogen) atoms. The Labute approximate surface area is 194 Å². The second kappa shape index (κ2) is 10.4. The van der Waals surface area contributed by atoms with E-state index in [-0.39, 0.29) is 5.91 Å². The van der Waals surface area contributed by atoms with Crippen molar-refractivity contribution in [3.05, 3.63) is 40.9 Å². The number of piperidine rings is 1. The molecule has 0 saturated carbocycles. The van der Waals surface area contributed by atoms with E-state index in [2.05, 4.69) is 22.1 Å². The summed E-state index contributed by atoms with van der Waals surface area (Å²) in [5.41, 5.74) is 1.95. The van der Waals surface area contributed by atoms with Crippen LogP contribution in [0.15, 0.2) is 34.5 Å². The second-order valence-electron chi connectivity index (χ2n) is 8.93. The summed E-state index contributed by atoms with van der Waals surface area (Å²) in [5, 5.41) is 5.56. The summed E-state index contributed by atoms with van der Waals surface area (Å²) in [7, 11) is -3.40. The highest BCUT2D eigenvalue weighted by Crippen LogP contribution is 2.23. The quantitative estimate of drug-likeness (QED) is 0.628. The molecule has 174 valence electrons. The molecule has 1 aromatic heterocycles. The largest absolute Gasteiger partial charge is 0.302 e. The van der Waals surface area contributed by atoms with E-state index in [4.69, 9.17) is 0 Å². The van der Waals surface area contributed by atoms with Crippen LogP contribution in [0.4, 0.5) is 5.13 Å². The third kappa shape index (κ3) is 5.95. The fourth-order valence-electron chi connectivity index (χ4n) is 4.44. The minimum absolute atomic E-state index is 0.0775. The number of carbonyl (C=O) groups excluding carboxylic acids is 1. The molecule has 3 heterocycles. The zero-order valence-electron chi connectivity index (χ0n) is 18.6. The van der Waals surface area contributed by atoms with Crippen LogP contribution < -0.4 is 5.32 Å². The minimum atomic E-state index is -3.40. The van der Waals surface area contributed by atoms with Crippen molar-refractivity contribution in [2.45, 2.75) is 56.9 Å². The lowest BCUT2D eigenvalue weighted by Gasteiger charge is -2.30. The highest BCUT2D eigenvalue weighted by molar-refractivity contribution is 7.89. The number of likely N-dealkylation sites (tertiary alicyclic amines) is 1. The van der Waals surface area contributed by atoms with Gasteiger partial charge in [0, 0.05) is 38.0 Å². The number of amides is 1. The van der Waals surface area contributed by atoms with Gasteiger partial charge in [0.05, 0.1) is 10.6 Å². The molecule has 1 atom stereocenters. The van der Waals surface area contributed by atoms with E-state index in [9.17, 15) is 13.2 Å². The Balaban J connectivity index is 1.25. The molecular weight excluding hydrogens is 444 g/mol. The van der Waals surface area contributed by atoms with Crippen LogP contribution in [0.25, 0.3) is 0 Å². The maximum Gasteiger partial charge on any atom is 0.243 e. The van der Waals surface area contributed by atoms with Gasteiger partial charge < -0.3 is 5.32 Å². The van der Waals surface area contributed by atoms with Gasteiger partial charge in [0.25, 0.3) is 0 Å². The fourth-order valence-corrected chi connectivity index (χ4v) is 6.68. The van der Waals surface area contributed by atoms with Gasteiger partial charge in [0.2, 0.25) is 15.9 Å². The van der Waals surface area contributed by atoms with E-state index in [0.717, 1.165) is 49.7 Å². The van der Waals surface area contributed by atoms with Gasteiger partial charge in [-0.15, -0.1) is 11.3 Å². The first kappa shape index (κ1) is 23.4. The predicted octanol–water partition coefficient (Wildman–Crippen LogP) is 3.73. The number of rotatable bonds is 8. The SMILES string of the molecule is CC1CCCN(Cc2csc(NC(=O)CCc3ccc(S(=O)(=O)N4CCCC4)cc3)n2)C1. The molecule has 0 radical (unpaired) electrons. The van der Waals surface area contributed by atoms with Crippen molar-refractivity contribution in [1.82, 2.24) is 14.2 Å². The Hall–Kier alpha value is -1.81. The molecule has 1 aromatic carbocycles. The van der Waals surface area contributed by atoms with Gasteiger partial charge in [0.15, 0.2) is 5.13 Å². The number of nitrogens with zero attached hydrogens (tertiary/aromatic N) is 3. The molecule has 2 saturated heterocycles. The standard InChI is InChI=1S/C23H32N4O3S2/c1-18-5-4-12-26(15-18)16-20-17-31-23(24-20)25-22(28)11-8-19-6-9-21(10-7-19)32(29,30)27-13-2-3-14-27/h6-7,9-10,17-18H,2-5,8,11-16H2,1H3,(H,24,25,28). The van der Waals surface area contributed by atoms with Crippen molar-refractivity contribution >= 4 is 32.4 Å². The number of aryl methyl sites for hydroxylation is 1. The first-order valence-electron chi connectivity index (χ1n) is 11.5. The molecule has 7 nitrogen and oxygen atoms in total. The molecule has 0 bridgehead atoms.